The highest BCUT2D eigenvalue weighted by Gasteiger charge is 2.20. The van der Waals surface area contributed by atoms with E-state index in [0.717, 1.165) is 12.1 Å². The van der Waals surface area contributed by atoms with Gasteiger partial charge in [-0.1, -0.05) is 6.07 Å². The molecule has 0 saturated heterocycles. The molecule has 0 aliphatic rings. The summed E-state index contributed by atoms with van der Waals surface area (Å²) in [6, 6.07) is 8.81. The van der Waals surface area contributed by atoms with Gasteiger partial charge in [-0.2, -0.15) is 0 Å². The number of hydrogen-bond acceptors (Lipinski definition) is 3. The molecule has 0 amide bonds. The molecule has 7 heteroatoms. The van der Waals surface area contributed by atoms with E-state index in [-0.39, 0.29) is 21.7 Å². The summed E-state index contributed by atoms with van der Waals surface area (Å²) in [5, 5.41) is 9.02. The van der Waals surface area contributed by atoms with Crippen LogP contribution >= 0.6 is 0 Å². The second-order valence-corrected chi connectivity index (χ2v) is 6.00. The number of sulfonamides is 1. The molecule has 0 unspecified atom stereocenters. The Morgan fingerprint density at radius 1 is 1.14 bits per heavy atom. The maximum Gasteiger partial charge on any atom is 0.335 e. The predicted octanol–water partition coefficient (Wildman–Crippen LogP) is 2.63. The number of carboxylic acid groups (broad SMARTS) is 1. The summed E-state index contributed by atoms with van der Waals surface area (Å²) in [7, 11) is -3.95. The third kappa shape index (κ3) is 3.19. The van der Waals surface area contributed by atoms with Gasteiger partial charge in [0.1, 0.15) is 5.82 Å². The van der Waals surface area contributed by atoms with Gasteiger partial charge in [-0.15, -0.1) is 0 Å². The first-order chi connectivity index (χ1) is 9.81. The third-order valence-electron chi connectivity index (χ3n) is 2.90. The number of aromatic carboxylic acids is 1. The van der Waals surface area contributed by atoms with E-state index < -0.39 is 21.8 Å². The average molecular weight is 309 g/mol. The van der Waals surface area contributed by atoms with Gasteiger partial charge >= 0.3 is 5.97 Å². The predicted molar refractivity (Wildman–Crippen MR) is 75.3 cm³/mol. The lowest BCUT2D eigenvalue weighted by Gasteiger charge is -2.11. The third-order valence-corrected chi connectivity index (χ3v) is 4.43. The molecule has 0 spiro atoms. The first-order valence-electron chi connectivity index (χ1n) is 5.92. The lowest BCUT2D eigenvalue weighted by molar-refractivity contribution is 0.0696. The zero-order chi connectivity index (χ0) is 15.6. The minimum absolute atomic E-state index is 0.0861. The smallest absolute Gasteiger partial charge is 0.335 e. The Labute approximate surface area is 121 Å². The maximum atomic E-state index is 12.8. The van der Waals surface area contributed by atoms with Gasteiger partial charge in [-0.3, -0.25) is 4.72 Å². The number of halogens is 1. The van der Waals surface area contributed by atoms with Crippen LogP contribution in [-0.2, 0) is 10.0 Å². The van der Waals surface area contributed by atoms with Gasteiger partial charge in [0, 0.05) is 5.69 Å². The highest BCUT2D eigenvalue weighted by molar-refractivity contribution is 7.92. The molecule has 0 heterocycles. The fourth-order valence-corrected chi connectivity index (χ4v) is 3.19. The molecule has 2 N–H and O–H groups in total. The van der Waals surface area contributed by atoms with Crippen molar-refractivity contribution in [2.75, 3.05) is 4.72 Å². The molecule has 0 aliphatic heterocycles. The van der Waals surface area contributed by atoms with Gasteiger partial charge in [0.2, 0.25) is 0 Å². The molecule has 0 radical (unpaired) electrons. The van der Waals surface area contributed by atoms with Crippen molar-refractivity contribution in [3.63, 3.8) is 0 Å². The highest BCUT2D eigenvalue weighted by atomic mass is 32.2. The Balaban J connectivity index is 2.42. The fraction of sp³-hybridized carbons (Fsp3) is 0.0714. The molecule has 21 heavy (non-hydrogen) atoms. The molecule has 0 bridgehead atoms. The van der Waals surface area contributed by atoms with Crippen molar-refractivity contribution >= 4 is 21.7 Å². The van der Waals surface area contributed by atoms with Crippen molar-refractivity contribution in [2.24, 2.45) is 0 Å². The van der Waals surface area contributed by atoms with Crippen molar-refractivity contribution < 1.29 is 22.7 Å². The second kappa shape index (κ2) is 5.53. The van der Waals surface area contributed by atoms with Crippen LogP contribution < -0.4 is 4.72 Å². The standard InChI is InChI=1S/C14H12FNO4S/c1-9-12(14(17)18)3-2-4-13(9)21(19,20)16-11-7-5-10(15)6-8-11/h2-8,16H,1H3,(H,17,18). The lowest BCUT2D eigenvalue weighted by atomic mass is 10.1. The Morgan fingerprint density at radius 2 is 1.76 bits per heavy atom. The second-order valence-electron chi connectivity index (χ2n) is 4.35. The van der Waals surface area contributed by atoms with Gasteiger partial charge in [-0.05, 0) is 48.9 Å². The summed E-state index contributed by atoms with van der Waals surface area (Å²) in [5.74, 6) is -1.69. The molecule has 0 aliphatic carbocycles. The van der Waals surface area contributed by atoms with Crippen LogP contribution in [0.15, 0.2) is 47.4 Å². The number of carbonyl (C=O) groups is 1. The molecule has 0 saturated carbocycles. The van der Waals surface area contributed by atoms with Gasteiger partial charge in [0.05, 0.1) is 10.5 Å². The molecular formula is C14H12FNO4S. The van der Waals surface area contributed by atoms with E-state index in [1.165, 1.54) is 37.3 Å². The van der Waals surface area contributed by atoms with Crippen LogP contribution in [0, 0.1) is 12.7 Å². The van der Waals surface area contributed by atoms with E-state index in [0.29, 0.717) is 0 Å². The van der Waals surface area contributed by atoms with Crippen LogP contribution in [0.1, 0.15) is 15.9 Å². The number of benzene rings is 2. The van der Waals surface area contributed by atoms with E-state index in [1.54, 1.807) is 0 Å². The molecular weight excluding hydrogens is 297 g/mol. The average Bonchev–Trinajstić information content (AvgIpc) is 2.41. The van der Waals surface area contributed by atoms with E-state index in [4.69, 9.17) is 5.11 Å². The minimum atomic E-state index is -3.95. The van der Waals surface area contributed by atoms with Crippen molar-refractivity contribution in [3.8, 4) is 0 Å². The van der Waals surface area contributed by atoms with Crippen molar-refractivity contribution in [1.82, 2.24) is 0 Å². The van der Waals surface area contributed by atoms with Gasteiger partial charge in [0.15, 0.2) is 0 Å². The van der Waals surface area contributed by atoms with Crippen molar-refractivity contribution in [2.45, 2.75) is 11.8 Å². The SMILES string of the molecule is Cc1c(C(=O)O)cccc1S(=O)(=O)Nc1ccc(F)cc1. The van der Waals surface area contributed by atoms with Crippen molar-refractivity contribution in [3.05, 3.63) is 59.4 Å². The zero-order valence-corrected chi connectivity index (χ0v) is 11.8. The molecule has 0 atom stereocenters. The maximum absolute atomic E-state index is 12.8. The Kier molecular flexibility index (Phi) is 3.95. The van der Waals surface area contributed by atoms with E-state index in [1.807, 2.05) is 0 Å². The first-order valence-corrected chi connectivity index (χ1v) is 7.41. The molecule has 2 aromatic rings. The molecule has 110 valence electrons. The van der Waals surface area contributed by atoms with Crippen LogP contribution in [0.4, 0.5) is 10.1 Å². The quantitative estimate of drug-likeness (QED) is 0.909. The minimum Gasteiger partial charge on any atom is -0.478 e. The largest absolute Gasteiger partial charge is 0.478 e. The fourth-order valence-electron chi connectivity index (χ4n) is 1.87. The molecule has 0 fully saturated rings. The summed E-state index contributed by atoms with van der Waals surface area (Å²) in [5.41, 5.74) is 0.244. The number of rotatable bonds is 4. The van der Waals surface area contributed by atoms with E-state index >= 15 is 0 Å². The van der Waals surface area contributed by atoms with E-state index in [9.17, 15) is 17.6 Å². The molecule has 0 aromatic heterocycles. The Morgan fingerprint density at radius 3 is 2.33 bits per heavy atom. The lowest BCUT2D eigenvalue weighted by Crippen LogP contribution is -2.15. The Bertz CT molecular complexity index is 785. The monoisotopic (exact) mass is 309 g/mol. The van der Waals surface area contributed by atoms with Gasteiger partial charge in [-0.25, -0.2) is 17.6 Å². The van der Waals surface area contributed by atoms with Crippen LogP contribution in [0.2, 0.25) is 0 Å². The first kappa shape index (κ1) is 15.0. The molecule has 5 nitrogen and oxygen atoms in total. The number of nitrogens with one attached hydrogen (secondary N) is 1. The van der Waals surface area contributed by atoms with Crippen molar-refractivity contribution in [1.29, 1.82) is 0 Å². The van der Waals surface area contributed by atoms with Crippen LogP contribution in [0.3, 0.4) is 0 Å². The zero-order valence-electron chi connectivity index (χ0n) is 11.0. The summed E-state index contributed by atoms with van der Waals surface area (Å²) in [4.78, 5) is 10.9. The number of anilines is 1. The summed E-state index contributed by atoms with van der Waals surface area (Å²) in [6.45, 7) is 1.42. The normalized spacial score (nSPS) is 11.1. The van der Waals surface area contributed by atoms with Crippen LogP contribution in [0.5, 0.6) is 0 Å². The summed E-state index contributed by atoms with van der Waals surface area (Å²) < 4.78 is 39.7. The van der Waals surface area contributed by atoms with E-state index in [2.05, 4.69) is 4.72 Å². The molecule has 2 aromatic carbocycles. The Hall–Kier alpha value is -2.41. The highest BCUT2D eigenvalue weighted by Crippen LogP contribution is 2.22. The summed E-state index contributed by atoms with van der Waals surface area (Å²) >= 11 is 0. The van der Waals surface area contributed by atoms with Gasteiger partial charge in [0.25, 0.3) is 10.0 Å². The van der Waals surface area contributed by atoms with Crippen LogP contribution in [0.25, 0.3) is 0 Å². The number of carboxylic acids is 1. The number of hydrogen-bond donors (Lipinski definition) is 2. The molecule has 2 rings (SSSR count). The van der Waals surface area contributed by atoms with Gasteiger partial charge < -0.3 is 5.11 Å². The van der Waals surface area contributed by atoms with Crippen LogP contribution in [-0.4, -0.2) is 19.5 Å². The summed E-state index contributed by atoms with van der Waals surface area (Å²) in [6.07, 6.45) is 0. The topological polar surface area (TPSA) is 83.5 Å².